The normalized spacial score (nSPS) is 25.5. The Morgan fingerprint density at radius 1 is 1.47 bits per heavy atom. The molecule has 1 aliphatic heterocycles. The molecule has 2 rings (SSSR count). The molecule has 0 amide bonds. The van der Waals surface area contributed by atoms with Gasteiger partial charge < -0.3 is 15.2 Å². The van der Waals surface area contributed by atoms with E-state index in [9.17, 15) is 5.11 Å². The Morgan fingerprint density at radius 3 is 3.12 bits per heavy atom. The molecule has 17 heavy (non-hydrogen) atoms. The van der Waals surface area contributed by atoms with E-state index < -0.39 is 0 Å². The van der Waals surface area contributed by atoms with Crippen molar-refractivity contribution < 1.29 is 9.84 Å². The van der Waals surface area contributed by atoms with E-state index in [4.69, 9.17) is 4.74 Å². The topological polar surface area (TPSA) is 41.5 Å². The molecule has 0 radical (unpaired) electrons. The number of aliphatic hydroxyl groups is 1. The summed E-state index contributed by atoms with van der Waals surface area (Å²) in [4.78, 5) is 0. The maximum Gasteiger partial charge on any atom is 0.0691 e. The zero-order chi connectivity index (χ0) is 12.1. The summed E-state index contributed by atoms with van der Waals surface area (Å²) < 4.78 is 5.58. The molecule has 0 spiro atoms. The van der Waals surface area contributed by atoms with Gasteiger partial charge in [-0.1, -0.05) is 29.8 Å². The average Bonchev–Trinajstić information content (AvgIpc) is 2.55. The van der Waals surface area contributed by atoms with Crippen molar-refractivity contribution in [1.29, 1.82) is 0 Å². The SMILES string of the molecule is Cc1cccc(CC2(CO)COCCCN2)c1. The first-order valence-corrected chi connectivity index (χ1v) is 6.23. The molecule has 1 heterocycles. The van der Waals surface area contributed by atoms with E-state index in [2.05, 4.69) is 36.5 Å². The van der Waals surface area contributed by atoms with Gasteiger partial charge >= 0.3 is 0 Å². The maximum absolute atomic E-state index is 9.65. The highest BCUT2D eigenvalue weighted by atomic mass is 16.5. The smallest absolute Gasteiger partial charge is 0.0691 e. The molecule has 1 fully saturated rings. The number of hydrogen-bond acceptors (Lipinski definition) is 3. The Bertz CT molecular complexity index is 357. The average molecular weight is 235 g/mol. The number of nitrogens with one attached hydrogen (secondary N) is 1. The van der Waals surface area contributed by atoms with Crippen LogP contribution in [0.2, 0.25) is 0 Å². The third-order valence-corrected chi connectivity index (χ3v) is 3.27. The quantitative estimate of drug-likeness (QED) is 0.829. The van der Waals surface area contributed by atoms with Crippen LogP contribution < -0.4 is 5.32 Å². The molecule has 0 aromatic heterocycles. The number of benzene rings is 1. The molecule has 1 unspecified atom stereocenters. The lowest BCUT2D eigenvalue weighted by Crippen LogP contribution is -2.53. The molecule has 0 saturated carbocycles. The van der Waals surface area contributed by atoms with Crippen LogP contribution >= 0.6 is 0 Å². The minimum Gasteiger partial charge on any atom is -0.394 e. The van der Waals surface area contributed by atoms with Crippen LogP contribution in [0.3, 0.4) is 0 Å². The monoisotopic (exact) mass is 235 g/mol. The highest BCUT2D eigenvalue weighted by Crippen LogP contribution is 2.17. The standard InChI is InChI=1S/C14H21NO2/c1-12-4-2-5-13(8-12)9-14(10-16)11-17-7-3-6-15-14/h2,4-5,8,15-16H,3,6-7,9-11H2,1H3. The third-order valence-electron chi connectivity index (χ3n) is 3.27. The minimum atomic E-state index is -0.315. The summed E-state index contributed by atoms with van der Waals surface area (Å²) in [5, 5.41) is 13.1. The van der Waals surface area contributed by atoms with Crippen LogP contribution in [-0.2, 0) is 11.2 Å². The molecular formula is C14H21NO2. The van der Waals surface area contributed by atoms with Gasteiger partial charge in [0.15, 0.2) is 0 Å². The Morgan fingerprint density at radius 2 is 2.35 bits per heavy atom. The summed E-state index contributed by atoms with van der Waals surface area (Å²) >= 11 is 0. The van der Waals surface area contributed by atoms with Crippen LogP contribution in [0.1, 0.15) is 17.5 Å². The van der Waals surface area contributed by atoms with Gasteiger partial charge in [0.25, 0.3) is 0 Å². The summed E-state index contributed by atoms with van der Waals surface area (Å²) in [5.74, 6) is 0. The van der Waals surface area contributed by atoms with Crippen LogP contribution in [0, 0.1) is 6.92 Å². The van der Waals surface area contributed by atoms with Crippen molar-refractivity contribution in [2.75, 3.05) is 26.4 Å². The van der Waals surface area contributed by atoms with E-state index in [1.807, 2.05) is 0 Å². The second-order valence-corrected chi connectivity index (χ2v) is 4.94. The molecule has 1 aromatic carbocycles. The Balaban J connectivity index is 2.12. The predicted molar refractivity (Wildman–Crippen MR) is 68.1 cm³/mol. The van der Waals surface area contributed by atoms with E-state index in [-0.39, 0.29) is 12.1 Å². The van der Waals surface area contributed by atoms with Crippen molar-refractivity contribution >= 4 is 0 Å². The van der Waals surface area contributed by atoms with Gasteiger partial charge in [-0.3, -0.25) is 0 Å². The van der Waals surface area contributed by atoms with Gasteiger partial charge in [-0.25, -0.2) is 0 Å². The summed E-state index contributed by atoms with van der Waals surface area (Å²) in [7, 11) is 0. The van der Waals surface area contributed by atoms with E-state index >= 15 is 0 Å². The van der Waals surface area contributed by atoms with Gasteiger partial charge in [0.2, 0.25) is 0 Å². The highest BCUT2D eigenvalue weighted by molar-refractivity contribution is 5.24. The largest absolute Gasteiger partial charge is 0.394 e. The summed E-state index contributed by atoms with van der Waals surface area (Å²) in [6.07, 6.45) is 1.82. The Labute approximate surface area is 103 Å². The number of hydrogen-bond donors (Lipinski definition) is 2. The maximum atomic E-state index is 9.65. The fraction of sp³-hybridized carbons (Fsp3) is 0.571. The molecule has 1 aliphatic rings. The van der Waals surface area contributed by atoms with Crippen LogP contribution in [0.5, 0.6) is 0 Å². The van der Waals surface area contributed by atoms with E-state index in [0.717, 1.165) is 26.0 Å². The van der Waals surface area contributed by atoms with Gasteiger partial charge in [-0.15, -0.1) is 0 Å². The summed E-state index contributed by atoms with van der Waals surface area (Å²) in [6.45, 7) is 4.47. The number of ether oxygens (including phenoxy) is 1. The molecule has 3 heteroatoms. The van der Waals surface area contributed by atoms with Crippen molar-refractivity contribution in [3.63, 3.8) is 0 Å². The first kappa shape index (κ1) is 12.6. The Kier molecular flexibility index (Phi) is 4.15. The molecule has 1 atom stereocenters. The van der Waals surface area contributed by atoms with Crippen LogP contribution in [-0.4, -0.2) is 37.0 Å². The van der Waals surface area contributed by atoms with E-state index in [0.29, 0.717) is 6.61 Å². The first-order valence-electron chi connectivity index (χ1n) is 6.23. The predicted octanol–water partition coefficient (Wildman–Crippen LogP) is 1.28. The zero-order valence-electron chi connectivity index (χ0n) is 10.4. The minimum absolute atomic E-state index is 0.112. The summed E-state index contributed by atoms with van der Waals surface area (Å²) in [6, 6.07) is 8.43. The van der Waals surface area contributed by atoms with E-state index in [1.54, 1.807) is 0 Å². The lowest BCUT2D eigenvalue weighted by atomic mass is 9.91. The van der Waals surface area contributed by atoms with Crippen LogP contribution in [0.4, 0.5) is 0 Å². The molecule has 2 N–H and O–H groups in total. The second-order valence-electron chi connectivity index (χ2n) is 4.94. The fourth-order valence-electron chi connectivity index (χ4n) is 2.33. The van der Waals surface area contributed by atoms with Gasteiger partial charge in [-0.05, 0) is 31.9 Å². The van der Waals surface area contributed by atoms with Crippen LogP contribution in [0.15, 0.2) is 24.3 Å². The molecule has 0 aliphatic carbocycles. The van der Waals surface area contributed by atoms with Crippen LogP contribution in [0.25, 0.3) is 0 Å². The molecule has 1 aromatic rings. The number of aryl methyl sites for hydroxylation is 1. The second kappa shape index (κ2) is 5.63. The summed E-state index contributed by atoms with van der Waals surface area (Å²) in [5.41, 5.74) is 2.19. The number of aliphatic hydroxyl groups excluding tert-OH is 1. The van der Waals surface area contributed by atoms with Crippen molar-refractivity contribution in [1.82, 2.24) is 5.32 Å². The van der Waals surface area contributed by atoms with Gasteiger partial charge in [0.05, 0.1) is 18.8 Å². The zero-order valence-corrected chi connectivity index (χ0v) is 10.4. The van der Waals surface area contributed by atoms with Crippen molar-refractivity contribution in [3.8, 4) is 0 Å². The molecule has 0 bridgehead atoms. The van der Waals surface area contributed by atoms with E-state index in [1.165, 1.54) is 11.1 Å². The van der Waals surface area contributed by atoms with Gasteiger partial charge in [-0.2, -0.15) is 0 Å². The molecule has 1 saturated heterocycles. The molecule has 94 valence electrons. The number of rotatable bonds is 3. The van der Waals surface area contributed by atoms with Crippen molar-refractivity contribution in [3.05, 3.63) is 35.4 Å². The fourth-order valence-corrected chi connectivity index (χ4v) is 2.33. The lowest BCUT2D eigenvalue weighted by molar-refractivity contribution is 0.0566. The highest BCUT2D eigenvalue weighted by Gasteiger charge is 2.30. The molecule has 3 nitrogen and oxygen atoms in total. The molecular weight excluding hydrogens is 214 g/mol. The van der Waals surface area contributed by atoms with Crippen molar-refractivity contribution in [2.24, 2.45) is 0 Å². The van der Waals surface area contributed by atoms with Gasteiger partial charge in [0, 0.05) is 6.61 Å². The third kappa shape index (κ3) is 3.28. The van der Waals surface area contributed by atoms with Crippen molar-refractivity contribution in [2.45, 2.75) is 25.3 Å². The first-order chi connectivity index (χ1) is 8.24. The lowest BCUT2D eigenvalue weighted by Gasteiger charge is -2.31. The van der Waals surface area contributed by atoms with Gasteiger partial charge in [0.1, 0.15) is 0 Å². The Hall–Kier alpha value is -0.900.